The van der Waals surface area contributed by atoms with Crippen LogP contribution in [-0.4, -0.2) is 28.8 Å². The molecule has 0 bridgehead atoms. The molecule has 25 heavy (non-hydrogen) atoms. The second-order valence-electron chi connectivity index (χ2n) is 5.63. The smallest absolute Gasteiger partial charge is 0.405 e. The van der Waals surface area contributed by atoms with Gasteiger partial charge in [-0.3, -0.25) is 4.79 Å². The van der Waals surface area contributed by atoms with Gasteiger partial charge in [-0.15, -0.1) is 0 Å². The van der Waals surface area contributed by atoms with Crippen LogP contribution in [0, 0.1) is 20.8 Å². The first-order valence-electron chi connectivity index (χ1n) is 7.35. The summed E-state index contributed by atoms with van der Waals surface area (Å²) in [6, 6.07) is 3.14. The van der Waals surface area contributed by atoms with Crippen molar-refractivity contribution in [2.75, 3.05) is 6.54 Å². The normalized spacial score (nSPS) is 11.9. The number of amides is 1. The lowest BCUT2D eigenvalue weighted by Gasteiger charge is -2.10. The summed E-state index contributed by atoms with van der Waals surface area (Å²) in [6.07, 6.45) is -4.51. The number of hydrogen-bond acceptors (Lipinski definition) is 5. The first-order valence-corrected chi connectivity index (χ1v) is 7.35. The number of halogens is 3. The summed E-state index contributed by atoms with van der Waals surface area (Å²) in [7, 11) is 0. The Balaban J connectivity index is 2.11. The number of aryl methyl sites for hydroxylation is 3. The molecule has 0 fully saturated rings. The Morgan fingerprint density at radius 3 is 2.56 bits per heavy atom. The maximum absolute atomic E-state index is 12.4. The number of alkyl halides is 3. The van der Waals surface area contributed by atoms with E-state index in [1.54, 1.807) is 26.8 Å². The van der Waals surface area contributed by atoms with Crippen molar-refractivity contribution in [1.82, 2.24) is 15.5 Å². The van der Waals surface area contributed by atoms with Gasteiger partial charge in [-0.25, -0.2) is 4.98 Å². The minimum atomic E-state index is -4.51. The minimum Gasteiger partial charge on any atom is -0.466 e. The number of furan rings is 1. The van der Waals surface area contributed by atoms with Gasteiger partial charge in [-0.1, -0.05) is 5.16 Å². The molecule has 0 saturated carbocycles. The van der Waals surface area contributed by atoms with Gasteiger partial charge in [0.2, 0.25) is 0 Å². The Labute approximate surface area is 140 Å². The maximum Gasteiger partial charge on any atom is 0.405 e. The summed E-state index contributed by atoms with van der Waals surface area (Å²) in [5, 5.41) is 5.89. The van der Waals surface area contributed by atoms with Crippen LogP contribution in [0.3, 0.4) is 0 Å². The van der Waals surface area contributed by atoms with E-state index >= 15 is 0 Å². The van der Waals surface area contributed by atoms with Gasteiger partial charge in [0, 0.05) is 5.56 Å². The van der Waals surface area contributed by atoms with Gasteiger partial charge in [0.25, 0.3) is 11.6 Å². The summed E-state index contributed by atoms with van der Waals surface area (Å²) in [5.41, 5.74) is 1.44. The predicted octanol–water partition coefficient (Wildman–Crippen LogP) is 3.70. The third-order valence-electron chi connectivity index (χ3n) is 3.63. The molecule has 0 spiro atoms. The Morgan fingerprint density at radius 2 is 1.96 bits per heavy atom. The molecule has 0 radical (unpaired) electrons. The third kappa shape index (κ3) is 3.35. The van der Waals surface area contributed by atoms with Gasteiger partial charge in [-0.2, -0.15) is 13.2 Å². The van der Waals surface area contributed by atoms with E-state index in [0.717, 1.165) is 0 Å². The zero-order chi connectivity index (χ0) is 18.4. The zero-order valence-corrected chi connectivity index (χ0v) is 13.6. The molecule has 0 aliphatic carbocycles. The molecular formula is C16H14F3N3O3. The van der Waals surface area contributed by atoms with Crippen molar-refractivity contribution in [1.29, 1.82) is 0 Å². The van der Waals surface area contributed by atoms with E-state index in [0.29, 0.717) is 28.5 Å². The molecule has 132 valence electrons. The average molecular weight is 353 g/mol. The highest BCUT2D eigenvalue weighted by Crippen LogP contribution is 2.30. The molecule has 3 aromatic rings. The van der Waals surface area contributed by atoms with Crippen LogP contribution in [0.5, 0.6) is 0 Å². The van der Waals surface area contributed by atoms with E-state index in [9.17, 15) is 18.0 Å². The van der Waals surface area contributed by atoms with Crippen LogP contribution in [-0.2, 0) is 0 Å². The molecule has 1 N–H and O–H groups in total. The van der Waals surface area contributed by atoms with E-state index in [-0.39, 0.29) is 16.7 Å². The summed E-state index contributed by atoms with van der Waals surface area (Å²) in [5.74, 6) is 0.337. The molecule has 0 aliphatic heterocycles. The molecule has 0 aromatic carbocycles. The standard InChI is InChI=1S/C16H14F3N3O3/c1-7-4-10(9(3)24-7)12-5-11(14(23)20-6-16(17,18)19)13-8(2)22-25-15(13)21-12/h4-5H,6H2,1-3H3,(H,20,23). The zero-order valence-electron chi connectivity index (χ0n) is 13.6. The SMILES string of the molecule is Cc1cc(-c2cc(C(=O)NCC(F)(F)F)c3c(C)noc3n2)c(C)o1. The average Bonchev–Trinajstić information content (AvgIpc) is 3.05. The first kappa shape index (κ1) is 17.0. The van der Waals surface area contributed by atoms with Crippen molar-refractivity contribution in [3.05, 3.63) is 34.9 Å². The van der Waals surface area contributed by atoms with Gasteiger partial charge in [0.1, 0.15) is 18.1 Å². The molecule has 1 amide bonds. The topological polar surface area (TPSA) is 81.2 Å². The van der Waals surface area contributed by atoms with Gasteiger partial charge >= 0.3 is 6.18 Å². The van der Waals surface area contributed by atoms with Crippen molar-refractivity contribution in [3.8, 4) is 11.3 Å². The predicted molar refractivity (Wildman–Crippen MR) is 82.1 cm³/mol. The lowest BCUT2D eigenvalue weighted by atomic mass is 10.1. The number of nitrogens with zero attached hydrogens (tertiary/aromatic N) is 2. The minimum absolute atomic E-state index is 0.0150. The first-order chi connectivity index (χ1) is 11.7. The van der Waals surface area contributed by atoms with Crippen molar-refractivity contribution >= 4 is 17.0 Å². The molecule has 0 unspecified atom stereocenters. The fraction of sp³-hybridized carbons (Fsp3) is 0.312. The number of carbonyl (C=O) groups excluding carboxylic acids is 1. The van der Waals surface area contributed by atoms with Crippen LogP contribution >= 0.6 is 0 Å². The quantitative estimate of drug-likeness (QED) is 0.776. The molecule has 0 aliphatic rings. The van der Waals surface area contributed by atoms with Gasteiger partial charge in [-0.05, 0) is 32.9 Å². The fourth-order valence-electron chi connectivity index (χ4n) is 2.57. The summed E-state index contributed by atoms with van der Waals surface area (Å²) in [4.78, 5) is 16.6. The molecule has 6 nitrogen and oxygen atoms in total. The summed E-state index contributed by atoms with van der Waals surface area (Å²) in [6.45, 7) is 3.63. The number of fused-ring (bicyclic) bond motifs is 1. The van der Waals surface area contributed by atoms with E-state index in [4.69, 9.17) is 8.94 Å². The lowest BCUT2D eigenvalue weighted by Crippen LogP contribution is -2.33. The van der Waals surface area contributed by atoms with Crippen LogP contribution in [0.1, 0.15) is 27.6 Å². The molecule has 3 aromatic heterocycles. The third-order valence-corrected chi connectivity index (χ3v) is 3.63. The van der Waals surface area contributed by atoms with Crippen LogP contribution in [0.15, 0.2) is 21.1 Å². The Hall–Kier alpha value is -2.84. The van der Waals surface area contributed by atoms with Gasteiger partial charge in [0.15, 0.2) is 0 Å². The van der Waals surface area contributed by atoms with Crippen molar-refractivity contribution in [3.63, 3.8) is 0 Å². The summed E-state index contributed by atoms with van der Waals surface area (Å²) < 4.78 is 47.7. The fourth-order valence-corrected chi connectivity index (χ4v) is 2.57. The lowest BCUT2D eigenvalue weighted by molar-refractivity contribution is -0.123. The van der Waals surface area contributed by atoms with Gasteiger partial charge < -0.3 is 14.3 Å². The second kappa shape index (κ2) is 5.91. The van der Waals surface area contributed by atoms with Crippen LogP contribution in [0.4, 0.5) is 13.2 Å². The van der Waals surface area contributed by atoms with Crippen LogP contribution < -0.4 is 5.32 Å². The van der Waals surface area contributed by atoms with E-state index < -0.39 is 18.6 Å². The van der Waals surface area contributed by atoms with Crippen molar-refractivity contribution < 1.29 is 26.9 Å². The highest BCUT2D eigenvalue weighted by molar-refractivity contribution is 6.07. The largest absolute Gasteiger partial charge is 0.466 e. The number of nitrogens with one attached hydrogen (secondary N) is 1. The maximum atomic E-state index is 12.4. The Morgan fingerprint density at radius 1 is 1.24 bits per heavy atom. The molecule has 0 saturated heterocycles. The molecular weight excluding hydrogens is 339 g/mol. The molecule has 3 heterocycles. The highest BCUT2D eigenvalue weighted by atomic mass is 19.4. The van der Waals surface area contributed by atoms with E-state index in [1.165, 1.54) is 6.07 Å². The molecule has 0 atom stereocenters. The van der Waals surface area contributed by atoms with E-state index in [2.05, 4.69) is 10.1 Å². The highest BCUT2D eigenvalue weighted by Gasteiger charge is 2.29. The Bertz CT molecular complexity index is 957. The van der Waals surface area contributed by atoms with Gasteiger partial charge in [0.05, 0.1) is 22.3 Å². The number of aromatic nitrogens is 2. The van der Waals surface area contributed by atoms with Crippen LogP contribution in [0.2, 0.25) is 0 Å². The van der Waals surface area contributed by atoms with Crippen LogP contribution in [0.25, 0.3) is 22.4 Å². The number of pyridine rings is 1. The molecule has 3 rings (SSSR count). The number of hydrogen-bond donors (Lipinski definition) is 1. The molecule has 9 heteroatoms. The summed E-state index contributed by atoms with van der Waals surface area (Å²) >= 11 is 0. The monoisotopic (exact) mass is 353 g/mol. The van der Waals surface area contributed by atoms with Crippen molar-refractivity contribution in [2.45, 2.75) is 26.9 Å². The second-order valence-corrected chi connectivity index (χ2v) is 5.63. The Kier molecular flexibility index (Phi) is 4.02. The van der Waals surface area contributed by atoms with E-state index in [1.807, 2.05) is 5.32 Å². The number of carbonyl (C=O) groups is 1. The van der Waals surface area contributed by atoms with Crippen molar-refractivity contribution in [2.24, 2.45) is 0 Å². The number of rotatable bonds is 3.